The highest BCUT2D eigenvalue weighted by Gasteiger charge is 2.41. The van der Waals surface area contributed by atoms with Crippen LogP contribution in [0, 0.1) is 0 Å². The van der Waals surface area contributed by atoms with Gasteiger partial charge in [-0.2, -0.15) is 0 Å². The molecule has 2 aromatic carbocycles. The average Bonchev–Trinajstić information content (AvgIpc) is 2.62. The summed E-state index contributed by atoms with van der Waals surface area (Å²) in [6.45, 7) is 0.325. The third-order valence-electron chi connectivity index (χ3n) is 4.32. The van der Waals surface area contributed by atoms with Gasteiger partial charge in [0.1, 0.15) is 11.3 Å². The van der Waals surface area contributed by atoms with E-state index < -0.39 is 17.4 Å². The molecule has 0 aliphatic carbocycles. The Morgan fingerprint density at radius 3 is 2.52 bits per heavy atom. The zero-order valence-electron chi connectivity index (χ0n) is 13.5. The number of amides is 1. The maximum absolute atomic E-state index is 12.2. The van der Waals surface area contributed by atoms with E-state index in [1.807, 2.05) is 24.3 Å². The van der Waals surface area contributed by atoms with Crippen molar-refractivity contribution in [2.75, 3.05) is 19.8 Å². The summed E-state index contributed by atoms with van der Waals surface area (Å²) >= 11 is 6.16. The summed E-state index contributed by atoms with van der Waals surface area (Å²) in [5.41, 5.74) is -1.29. The highest BCUT2D eigenvalue weighted by molar-refractivity contribution is 6.35. The number of nitrogens with one attached hydrogen (secondary N) is 1. The lowest BCUT2D eigenvalue weighted by Gasteiger charge is -2.33. The van der Waals surface area contributed by atoms with Crippen molar-refractivity contribution >= 4 is 34.2 Å². The molecule has 1 aliphatic heterocycles. The summed E-state index contributed by atoms with van der Waals surface area (Å²) in [5, 5.41) is 14.3. The third-order valence-corrected chi connectivity index (χ3v) is 4.65. The van der Waals surface area contributed by atoms with Crippen LogP contribution >= 0.6 is 11.6 Å². The summed E-state index contributed by atoms with van der Waals surface area (Å²) in [5.74, 6) is -1.02. The largest absolute Gasteiger partial charge is 0.483 e. The summed E-state index contributed by atoms with van der Waals surface area (Å²) < 4.78 is 10.8. The quantitative estimate of drug-likeness (QED) is 0.853. The van der Waals surface area contributed by atoms with Crippen LogP contribution < -0.4 is 10.1 Å². The number of benzene rings is 2. The van der Waals surface area contributed by atoms with E-state index in [0.717, 1.165) is 10.8 Å². The van der Waals surface area contributed by atoms with Crippen molar-refractivity contribution in [1.29, 1.82) is 0 Å². The minimum atomic E-state index is -1.29. The Morgan fingerprint density at radius 2 is 1.84 bits per heavy atom. The molecule has 3 rings (SSSR count). The number of halogens is 1. The monoisotopic (exact) mass is 363 g/mol. The zero-order chi connectivity index (χ0) is 17.9. The number of rotatable bonds is 5. The lowest BCUT2D eigenvalue weighted by Crippen LogP contribution is -2.58. The molecule has 1 fully saturated rings. The van der Waals surface area contributed by atoms with E-state index in [9.17, 15) is 14.7 Å². The van der Waals surface area contributed by atoms with Gasteiger partial charge in [-0.05, 0) is 12.1 Å². The van der Waals surface area contributed by atoms with Gasteiger partial charge in [-0.15, -0.1) is 0 Å². The van der Waals surface area contributed by atoms with Crippen LogP contribution in [0.15, 0.2) is 36.4 Å². The Kier molecular flexibility index (Phi) is 5.11. The Hall–Kier alpha value is -2.31. The van der Waals surface area contributed by atoms with Gasteiger partial charge in [0.25, 0.3) is 5.91 Å². The summed E-state index contributed by atoms with van der Waals surface area (Å²) in [6, 6.07) is 10.8. The molecule has 0 spiro atoms. The molecule has 2 aromatic rings. The molecular weight excluding hydrogens is 346 g/mol. The Balaban J connectivity index is 1.70. The van der Waals surface area contributed by atoms with E-state index in [1.165, 1.54) is 0 Å². The molecule has 1 aliphatic rings. The van der Waals surface area contributed by atoms with Crippen molar-refractivity contribution in [3.05, 3.63) is 41.4 Å². The minimum absolute atomic E-state index is 0.234. The predicted molar refractivity (Wildman–Crippen MR) is 93.0 cm³/mol. The molecular formula is C18H18ClNO5. The maximum atomic E-state index is 12.2. The first-order chi connectivity index (χ1) is 12.0. The first-order valence-electron chi connectivity index (χ1n) is 7.94. The second-order valence-electron chi connectivity index (χ2n) is 5.93. The van der Waals surface area contributed by atoms with Crippen LogP contribution in [0.25, 0.3) is 10.8 Å². The van der Waals surface area contributed by atoms with E-state index in [0.29, 0.717) is 24.0 Å². The molecule has 0 atom stereocenters. The van der Waals surface area contributed by atoms with Crippen LogP contribution in [-0.4, -0.2) is 42.3 Å². The van der Waals surface area contributed by atoms with Gasteiger partial charge in [0.05, 0.1) is 0 Å². The fourth-order valence-electron chi connectivity index (χ4n) is 2.92. The van der Waals surface area contributed by atoms with Gasteiger partial charge in [-0.1, -0.05) is 35.9 Å². The van der Waals surface area contributed by atoms with Gasteiger partial charge in [-0.3, -0.25) is 4.79 Å². The average molecular weight is 364 g/mol. The zero-order valence-corrected chi connectivity index (χ0v) is 14.2. The molecule has 1 heterocycles. The first-order valence-corrected chi connectivity index (χ1v) is 8.32. The number of carbonyl (C=O) groups excluding carboxylic acids is 1. The number of ether oxygens (including phenoxy) is 2. The van der Waals surface area contributed by atoms with Crippen LogP contribution in [-0.2, 0) is 14.3 Å². The van der Waals surface area contributed by atoms with E-state index in [1.54, 1.807) is 12.1 Å². The van der Waals surface area contributed by atoms with Crippen molar-refractivity contribution in [3.63, 3.8) is 0 Å². The van der Waals surface area contributed by atoms with Crippen LogP contribution in [0.3, 0.4) is 0 Å². The van der Waals surface area contributed by atoms with Gasteiger partial charge >= 0.3 is 5.97 Å². The van der Waals surface area contributed by atoms with Gasteiger partial charge in [0.15, 0.2) is 6.61 Å². The molecule has 1 saturated heterocycles. The van der Waals surface area contributed by atoms with Gasteiger partial charge in [0, 0.05) is 41.9 Å². The van der Waals surface area contributed by atoms with Crippen molar-refractivity contribution in [3.8, 4) is 5.75 Å². The topological polar surface area (TPSA) is 84.9 Å². The molecule has 132 valence electrons. The standard InChI is InChI=1S/C18H18ClNO5/c19-14-5-6-15(13-4-2-1-3-12(13)14)25-11-16(21)20-18(17(22)23)7-9-24-10-8-18/h1-6H,7-11H2,(H,20,21)(H,22,23). The van der Waals surface area contributed by atoms with Crippen molar-refractivity contribution in [2.45, 2.75) is 18.4 Å². The number of carbonyl (C=O) groups is 2. The normalized spacial score (nSPS) is 16.4. The molecule has 0 bridgehead atoms. The predicted octanol–water partition coefficient (Wildman–Crippen LogP) is 2.62. The maximum Gasteiger partial charge on any atom is 0.329 e. The minimum Gasteiger partial charge on any atom is -0.483 e. The lowest BCUT2D eigenvalue weighted by atomic mass is 9.90. The molecule has 25 heavy (non-hydrogen) atoms. The fraction of sp³-hybridized carbons (Fsp3) is 0.333. The van der Waals surface area contributed by atoms with E-state index in [-0.39, 0.29) is 19.4 Å². The molecule has 0 saturated carbocycles. The summed E-state index contributed by atoms with van der Waals surface area (Å²) in [4.78, 5) is 23.8. The highest BCUT2D eigenvalue weighted by atomic mass is 35.5. The Bertz CT molecular complexity index is 801. The van der Waals surface area contributed by atoms with E-state index in [2.05, 4.69) is 5.32 Å². The number of hydrogen-bond donors (Lipinski definition) is 2. The van der Waals surface area contributed by atoms with E-state index >= 15 is 0 Å². The second kappa shape index (κ2) is 7.29. The Morgan fingerprint density at radius 1 is 1.16 bits per heavy atom. The number of carboxylic acids is 1. The van der Waals surface area contributed by atoms with Crippen LogP contribution in [0.1, 0.15) is 12.8 Å². The van der Waals surface area contributed by atoms with Gasteiger partial charge in [0.2, 0.25) is 0 Å². The number of aliphatic carboxylic acids is 1. The molecule has 0 radical (unpaired) electrons. The van der Waals surface area contributed by atoms with Crippen LogP contribution in [0.4, 0.5) is 0 Å². The molecule has 0 aromatic heterocycles. The molecule has 2 N–H and O–H groups in total. The smallest absolute Gasteiger partial charge is 0.329 e. The van der Waals surface area contributed by atoms with Gasteiger partial charge in [-0.25, -0.2) is 4.79 Å². The third kappa shape index (κ3) is 3.70. The molecule has 6 nitrogen and oxygen atoms in total. The number of fused-ring (bicyclic) bond motifs is 1. The fourth-order valence-corrected chi connectivity index (χ4v) is 3.15. The summed E-state index contributed by atoms with van der Waals surface area (Å²) in [7, 11) is 0. The van der Waals surface area contributed by atoms with Crippen LogP contribution in [0.5, 0.6) is 5.75 Å². The SMILES string of the molecule is O=C(COc1ccc(Cl)c2ccccc12)NC1(C(=O)O)CCOCC1. The van der Waals surface area contributed by atoms with Crippen molar-refractivity contribution < 1.29 is 24.2 Å². The molecule has 7 heteroatoms. The molecule has 1 amide bonds. The summed E-state index contributed by atoms with van der Waals surface area (Å²) in [6.07, 6.45) is 0.468. The number of hydrogen-bond acceptors (Lipinski definition) is 4. The Labute approximate surface area is 149 Å². The second-order valence-corrected chi connectivity index (χ2v) is 6.33. The first kappa shape index (κ1) is 17.5. The van der Waals surface area contributed by atoms with E-state index in [4.69, 9.17) is 21.1 Å². The van der Waals surface area contributed by atoms with Crippen molar-refractivity contribution in [1.82, 2.24) is 5.32 Å². The number of carboxylic acid groups (broad SMARTS) is 1. The van der Waals surface area contributed by atoms with Crippen molar-refractivity contribution in [2.24, 2.45) is 0 Å². The molecule has 0 unspecified atom stereocenters. The van der Waals surface area contributed by atoms with Gasteiger partial charge < -0.3 is 19.9 Å². The lowest BCUT2D eigenvalue weighted by molar-refractivity contribution is -0.152. The van der Waals surface area contributed by atoms with Crippen LogP contribution in [0.2, 0.25) is 5.02 Å². The highest BCUT2D eigenvalue weighted by Crippen LogP contribution is 2.31.